The van der Waals surface area contributed by atoms with Crippen LogP contribution < -0.4 is 15.5 Å². The van der Waals surface area contributed by atoms with Gasteiger partial charge >= 0.3 is 5.97 Å². The van der Waals surface area contributed by atoms with E-state index in [1.807, 2.05) is 6.07 Å². The lowest BCUT2D eigenvalue weighted by Crippen LogP contribution is -2.15. The van der Waals surface area contributed by atoms with Crippen LogP contribution in [0.3, 0.4) is 0 Å². The number of carbonyl (C=O) groups excluding carboxylic acids is 2. The monoisotopic (exact) mass is 417 g/mol. The Balaban J connectivity index is 1.63. The van der Waals surface area contributed by atoms with Gasteiger partial charge in [0, 0.05) is 13.0 Å². The van der Waals surface area contributed by atoms with Gasteiger partial charge in [-0.05, 0) is 18.6 Å². The summed E-state index contributed by atoms with van der Waals surface area (Å²) in [5, 5.41) is 10.7. The SMILES string of the molecule is CC(=O)Nc1nnc(SCc2cc(=O)c(OC(=O)c3ccccc3C)co2)s1. The van der Waals surface area contributed by atoms with Crippen molar-refractivity contribution in [1.29, 1.82) is 0 Å². The Bertz CT molecular complexity index is 1080. The van der Waals surface area contributed by atoms with Crippen molar-refractivity contribution in [3.8, 4) is 5.75 Å². The molecule has 10 heteroatoms. The van der Waals surface area contributed by atoms with E-state index in [0.29, 0.717) is 26.5 Å². The molecule has 3 aromatic rings. The maximum atomic E-state index is 12.2. The number of nitrogens with one attached hydrogen (secondary N) is 1. The first-order valence-corrected chi connectivity index (χ1v) is 9.86. The van der Waals surface area contributed by atoms with Crippen LogP contribution in [-0.2, 0) is 10.5 Å². The molecule has 1 aromatic carbocycles. The number of amides is 1. The van der Waals surface area contributed by atoms with E-state index >= 15 is 0 Å². The number of nitrogens with zero attached hydrogens (tertiary/aromatic N) is 2. The summed E-state index contributed by atoms with van der Waals surface area (Å²) in [4.78, 5) is 35.4. The Hall–Kier alpha value is -2.98. The van der Waals surface area contributed by atoms with Crippen molar-refractivity contribution in [2.24, 2.45) is 0 Å². The summed E-state index contributed by atoms with van der Waals surface area (Å²) in [6.07, 6.45) is 1.12. The van der Waals surface area contributed by atoms with E-state index in [2.05, 4.69) is 15.5 Å². The summed E-state index contributed by atoms with van der Waals surface area (Å²) in [5.41, 5.74) is 0.674. The van der Waals surface area contributed by atoms with Gasteiger partial charge in [0.1, 0.15) is 12.0 Å². The molecular weight excluding hydrogens is 402 g/mol. The third kappa shape index (κ3) is 5.05. The smallest absolute Gasteiger partial charge is 0.344 e. The number of hydrogen-bond acceptors (Lipinski definition) is 9. The van der Waals surface area contributed by atoms with Crippen LogP contribution in [0.1, 0.15) is 28.6 Å². The normalized spacial score (nSPS) is 10.5. The lowest BCUT2D eigenvalue weighted by molar-refractivity contribution is -0.114. The minimum absolute atomic E-state index is 0.175. The molecule has 0 saturated carbocycles. The van der Waals surface area contributed by atoms with Crippen LogP contribution in [0, 0.1) is 6.92 Å². The molecule has 1 amide bonds. The van der Waals surface area contributed by atoms with Crippen molar-refractivity contribution in [3.05, 3.63) is 63.7 Å². The van der Waals surface area contributed by atoms with Crippen LogP contribution in [0.5, 0.6) is 5.75 Å². The molecule has 0 radical (unpaired) electrons. The first-order chi connectivity index (χ1) is 13.4. The fourth-order valence-electron chi connectivity index (χ4n) is 2.15. The average Bonchev–Trinajstić information content (AvgIpc) is 3.09. The van der Waals surface area contributed by atoms with E-state index in [0.717, 1.165) is 11.8 Å². The van der Waals surface area contributed by atoms with E-state index < -0.39 is 11.4 Å². The molecule has 0 aliphatic rings. The molecule has 0 unspecified atom stereocenters. The first kappa shape index (κ1) is 19.8. The largest absolute Gasteiger partial charge is 0.464 e. The molecule has 28 heavy (non-hydrogen) atoms. The van der Waals surface area contributed by atoms with Gasteiger partial charge in [0.25, 0.3) is 0 Å². The van der Waals surface area contributed by atoms with Gasteiger partial charge in [-0.1, -0.05) is 41.3 Å². The standard InChI is InChI=1S/C18H15N3O5S2/c1-10-5-3-4-6-13(10)16(24)26-15-8-25-12(7-14(15)23)9-27-18-21-20-17(28-18)19-11(2)22/h3-8H,9H2,1-2H3,(H,19,20,22). The van der Waals surface area contributed by atoms with Gasteiger partial charge in [0.05, 0.1) is 11.3 Å². The summed E-state index contributed by atoms with van der Waals surface area (Å²) in [7, 11) is 0. The number of aryl methyl sites for hydroxylation is 1. The summed E-state index contributed by atoms with van der Waals surface area (Å²) in [6, 6.07) is 8.20. The van der Waals surface area contributed by atoms with E-state index in [4.69, 9.17) is 9.15 Å². The second-order valence-corrected chi connectivity index (χ2v) is 7.82. The van der Waals surface area contributed by atoms with Gasteiger partial charge in [-0.25, -0.2) is 4.79 Å². The molecule has 8 nitrogen and oxygen atoms in total. The molecule has 0 aliphatic heterocycles. The van der Waals surface area contributed by atoms with Crippen molar-refractivity contribution in [3.63, 3.8) is 0 Å². The zero-order valence-corrected chi connectivity index (χ0v) is 16.6. The molecule has 0 spiro atoms. The van der Waals surface area contributed by atoms with E-state index in [9.17, 15) is 14.4 Å². The van der Waals surface area contributed by atoms with Crippen LogP contribution in [-0.4, -0.2) is 22.1 Å². The number of anilines is 1. The number of benzene rings is 1. The molecule has 2 heterocycles. The minimum atomic E-state index is -0.619. The highest BCUT2D eigenvalue weighted by Crippen LogP contribution is 2.28. The van der Waals surface area contributed by atoms with Crippen LogP contribution >= 0.6 is 23.1 Å². The fourth-order valence-corrected chi connectivity index (χ4v) is 3.84. The van der Waals surface area contributed by atoms with Crippen LogP contribution in [0.4, 0.5) is 5.13 Å². The topological polar surface area (TPSA) is 111 Å². The third-order valence-electron chi connectivity index (χ3n) is 3.45. The molecule has 0 aliphatic carbocycles. The second-order valence-electron chi connectivity index (χ2n) is 5.62. The molecule has 0 fully saturated rings. The molecule has 1 N–H and O–H groups in total. The van der Waals surface area contributed by atoms with Gasteiger partial charge in [-0.15, -0.1) is 10.2 Å². The number of hydrogen-bond donors (Lipinski definition) is 1. The lowest BCUT2D eigenvalue weighted by Gasteiger charge is -2.06. The minimum Gasteiger partial charge on any atom is -0.464 e. The number of ether oxygens (including phenoxy) is 1. The van der Waals surface area contributed by atoms with Gasteiger partial charge in [-0.3, -0.25) is 9.59 Å². The molecule has 0 atom stereocenters. The van der Waals surface area contributed by atoms with E-state index in [-0.39, 0.29) is 11.7 Å². The third-order valence-corrected chi connectivity index (χ3v) is 5.44. The highest BCUT2D eigenvalue weighted by Gasteiger charge is 2.15. The number of aromatic nitrogens is 2. The van der Waals surface area contributed by atoms with Crippen LogP contribution in [0.15, 0.2) is 50.1 Å². The van der Waals surface area contributed by atoms with Crippen molar-refractivity contribution in [2.75, 3.05) is 5.32 Å². The predicted octanol–water partition coefficient (Wildman–Crippen LogP) is 3.27. The summed E-state index contributed by atoms with van der Waals surface area (Å²) < 4.78 is 11.2. The highest BCUT2D eigenvalue weighted by molar-refractivity contribution is 8.00. The van der Waals surface area contributed by atoms with E-state index in [1.165, 1.54) is 36.1 Å². The van der Waals surface area contributed by atoms with Gasteiger partial charge in [0.15, 0.2) is 4.34 Å². The quantitative estimate of drug-likeness (QED) is 0.369. The fraction of sp³-hybridized carbons (Fsp3) is 0.167. The van der Waals surface area contributed by atoms with Gasteiger partial charge in [0.2, 0.25) is 22.2 Å². The van der Waals surface area contributed by atoms with Gasteiger partial charge < -0.3 is 14.5 Å². The second kappa shape index (κ2) is 8.81. The molecule has 144 valence electrons. The highest BCUT2D eigenvalue weighted by atomic mass is 32.2. The maximum absolute atomic E-state index is 12.2. The van der Waals surface area contributed by atoms with Crippen LogP contribution in [0.25, 0.3) is 0 Å². The summed E-state index contributed by atoms with van der Waals surface area (Å²) in [6.45, 7) is 3.17. The zero-order valence-electron chi connectivity index (χ0n) is 14.9. The maximum Gasteiger partial charge on any atom is 0.344 e. The van der Waals surface area contributed by atoms with Crippen molar-refractivity contribution in [1.82, 2.24) is 10.2 Å². The molecule has 2 aromatic heterocycles. The molecule has 3 rings (SSSR count). The number of carbonyl (C=O) groups is 2. The van der Waals surface area contributed by atoms with Crippen molar-refractivity contribution < 1.29 is 18.7 Å². The summed E-state index contributed by atoms with van der Waals surface area (Å²) in [5.74, 6) is -0.301. The zero-order chi connectivity index (χ0) is 20.1. The van der Waals surface area contributed by atoms with Crippen molar-refractivity contribution in [2.45, 2.75) is 23.9 Å². The Morgan fingerprint density at radius 2 is 2.07 bits per heavy atom. The number of esters is 1. The Morgan fingerprint density at radius 1 is 1.29 bits per heavy atom. The molecule has 0 saturated heterocycles. The van der Waals surface area contributed by atoms with Crippen LogP contribution in [0.2, 0.25) is 0 Å². The molecular formula is C18H15N3O5S2. The summed E-state index contributed by atoms with van der Waals surface area (Å²) >= 11 is 2.52. The van der Waals surface area contributed by atoms with E-state index in [1.54, 1.807) is 25.1 Å². The molecule has 0 bridgehead atoms. The number of rotatable bonds is 6. The Labute approximate surface area is 167 Å². The Kier molecular flexibility index (Phi) is 6.22. The first-order valence-electron chi connectivity index (χ1n) is 8.06. The lowest BCUT2D eigenvalue weighted by atomic mass is 10.1. The predicted molar refractivity (Wildman–Crippen MR) is 105 cm³/mol. The number of thioether (sulfide) groups is 1. The van der Waals surface area contributed by atoms with Crippen molar-refractivity contribution >= 4 is 40.1 Å². The Morgan fingerprint density at radius 3 is 2.79 bits per heavy atom. The average molecular weight is 417 g/mol. The van der Waals surface area contributed by atoms with Gasteiger partial charge in [-0.2, -0.15) is 0 Å².